The molecule has 0 aromatic carbocycles. The molecule has 1 heterocycles. The molecule has 1 aliphatic rings. The molecule has 1 aliphatic carbocycles. The van der Waals surface area contributed by atoms with Crippen LogP contribution >= 0.6 is 0 Å². The van der Waals surface area contributed by atoms with Crippen LogP contribution in [-0.4, -0.2) is 10.6 Å². The fourth-order valence-corrected chi connectivity index (χ4v) is 2.09. The molecule has 1 saturated carbocycles. The third-order valence-corrected chi connectivity index (χ3v) is 2.78. The summed E-state index contributed by atoms with van der Waals surface area (Å²) in [4.78, 5) is 0. The number of nitrogens with two attached hydrogens (primary N) is 1. The van der Waals surface area contributed by atoms with Crippen LogP contribution in [0.25, 0.3) is 0 Å². The van der Waals surface area contributed by atoms with Gasteiger partial charge in [-0.25, -0.2) is 0 Å². The third kappa shape index (κ3) is 1.34. The van der Waals surface area contributed by atoms with E-state index in [0.717, 1.165) is 18.5 Å². The summed E-state index contributed by atoms with van der Waals surface area (Å²) in [5, 5.41) is 8.84. The predicted molar refractivity (Wildman–Crippen MR) is 50.0 cm³/mol. The van der Waals surface area contributed by atoms with E-state index >= 15 is 0 Å². The van der Waals surface area contributed by atoms with E-state index in [9.17, 15) is 0 Å². The van der Waals surface area contributed by atoms with E-state index in [-0.39, 0.29) is 6.04 Å². The van der Waals surface area contributed by atoms with Crippen LogP contribution in [0.3, 0.4) is 0 Å². The van der Waals surface area contributed by atoms with E-state index < -0.39 is 0 Å². The first-order chi connectivity index (χ1) is 6.33. The molecule has 2 rings (SSSR count). The summed E-state index contributed by atoms with van der Waals surface area (Å²) >= 11 is 0. The Balaban J connectivity index is 2.30. The van der Waals surface area contributed by atoms with Crippen molar-refractivity contribution in [2.24, 2.45) is 5.73 Å². The summed E-state index contributed by atoms with van der Waals surface area (Å²) in [7, 11) is 0. The maximum atomic E-state index is 8.84. The lowest BCUT2D eigenvalue weighted by Crippen LogP contribution is -2.27. The average Bonchev–Trinajstić information content (AvgIpc) is 2.71. The molecule has 3 heteroatoms. The molecule has 0 radical (unpaired) electrons. The van der Waals surface area contributed by atoms with Gasteiger partial charge in [0.1, 0.15) is 11.8 Å². The molecule has 2 unspecified atom stereocenters. The van der Waals surface area contributed by atoms with Gasteiger partial charge < -0.3 is 10.3 Å². The fourth-order valence-electron chi connectivity index (χ4n) is 2.09. The van der Waals surface area contributed by atoms with Crippen molar-refractivity contribution < 1.29 is 0 Å². The van der Waals surface area contributed by atoms with E-state index in [4.69, 9.17) is 11.0 Å². The smallest absolute Gasteiger partial charge is 0.120 e. The highest BCUT2D eigenvalue weighted by atomic mass is 15.0. The van der Waals surface area contributed by atoms with Gasteiger partial charge >= 0.3 is 0 Å². The maximum Gasteiger partial charge on any atom is 0.120 e. The predicted octanol–water partition coefficient (Wildman–Crippen LogP) is 1.41. The molecule has 1 aromatic heterocycles. The third-order valence-electron chi connectivity index (χ3n) is 2.78. The van der Waals surface area contributed by atoms with Crippen molar-refractivity contribution in [1.29, 1.82) is 5.26 Å². The van der Waals surface area contributed by atoms with Gasteiger partial charge in [0.2, 0.25) is 0 Å². The van der Waals surface area contributed by atoms with Crippen LogP contribution < -0.4 is 5.73 Å². The van der Waals surface area contributed by atoms with Gasteiger partial charge in [-0.3, -0.25) is 0 Å². The summed E-state index contributed by atoms with van der Waals surface area (Å²) in [6.45, 7) is 0. The first-order valence-corrected chi connectivity index (χ1v) is 4.65. The van der Waals surface area contributed by atoms with Gasteiger partial charge in [0.25, 0.3) is 0 Å². The topological polar surface area (TPSA) is 54.7 Å². The normalized spacial score (nSPS) is 27.4. The summed E-state index contributed by atoms with van der Waals surface area (Å²) in [5.41, 5.74) is 6.69. The van der Waals surface area contributed by atoms with E-state index in [2.05, 4.69) is 6.07 Å². The number of hydrogen-bond acceptors (Lipinski definition) is 2. The lowest BCUT2D eigenvalue weighted by molar-refractivity contribution is 0.460. The number of aromatic nitrogens is 1. The molecule has 0 saturated heterocycles. The molecule has 0 bridgehead atoms. The van der Waals surface area contributed by atoms with E-state index in [1.165, 1.54) is 6.42 Å². The van der Waals surface area contributed by atoms with Gasteiger partial charge in [0, 0.05) is 18.3 Å². The Bertz CT molecular complexity index is 334. The van der Waals surface area contributed by atoms with Gasteiger partial charge in [0.15, 0.2) is 0 Å². The molecular weight excluding hydrogens is 162 g/mol. The molecule has 0 aliphatic heterocycles. The van der Waals surface area contributed by atoms with Gasteiger partial charge in [-0.2, -0.15) is 5.26 Å². The molecule has 13 heavy (non-hydrogen) atoms. The van der Waals surface area contributed by atoms with E-state index in [1.54, 1.807) is 0 Å². The Morgan fingerprint density at radius 2 is 2.38 bits per heavy atom. The molecule has 0 amide bonds. The summed E-state index contributed by atoms with van der Waals surface area (Å²) in [5.74, 6) is 0. The van der Waals surface area contributed by atoms with Gasteiger partial charge in [-0.1, -0.05) is 0 Å². The molecule has 2 N–H and O–H groups in total. The van der Waals surface area contributed by atoms with Crippen molar-refractivity contribution in [1.82, 2.24) is 4.57 Å². The second kappa shape index (κ2) is 3.23. The summed E-state index contributed by atoms with van der Waals surface area (Å²) in [6.07, 6.45) is 5.31. The number of rotatable bonds is 1. The Morgan fingerprint density at radius 1 is 1.54 bits per heavy atom. The zero-order valence-electron chi connectivity index (χ0n) is 7.48. The quantitative estimate of drug-likeness (QED) is 0.701. The summed E-state index contributed by atoms with van der Waals surface area (Å²) in [6, 6.07) is 6.48. The monoisotopic (exact) mass is 175 g/mol. The van der Waals surface area contributed by atoms with Crippen molar-refractivity contribution in [2.75, 3.05) is 0 Å². The molecule has 1 fully saturated rings. The first-order valence-electron chi connectivity index (χ1n) is 4.65. The van der Waals surface area contributed by atoms with Crippen LogP contribution in [0.5, 0.6) is 0 Å². The highest BCUT2D eigenvalue weighted by molar-refractivity contribution is 5.23. The van der Waals surface area contributed by atoms with Gasteiger partial charge in [-0.15, -0.1) is 0 Å². The van der Waals surface area contributed by atoms with Crippen molar-refractivity contribution in [3.63, 3.8) is 0 Å². The van der Waals surface area contributed by atoms with Crippen molar-refractivity contribution >= 4 is 0 Å². The standard InChI is InChI=1S/C10H13N3/c11-7-8-3-2-6-13(8)10-5-1-4-9(10)12/h2-3,6,9-10H,1,4-5,12H2. The Hall–Kier alpha value is -1.27. The Labute approximate surface area is 77.8 Å². The molecule has 3 nitrogen and oxygen atoms in total. The Kier molecular flexibility index (Phi) is 2.07. The lowest BCUT2D eigenvalue weighted by Gasteiger charge is -2.18. The second-order valence-electron chi connectivity index (χ2n) is 3.57. The minimum Gasteiger partial charge on any atom is -0.335 e. The molecule has 0 spiro atoms. The van der Waals surface area contributed by atoms with Crippen molar-refractivity contribution in [3.05, 3.63) is 24.0 Å². The summed E-state index contributed by atoms with van der Waals surface area (Å²) < 4.78 is 2.01. The average molecular weight is 175 g/mol. The minimum atomic E-state index is 0.222. The van der Waals surface area contributed by atoms with Crippen molar-refractivity contribution in [2.45, 2.75) is 31.3 Å². The van der Waals surface area contributed by atoms with Crippen LogP contribution in [0.4, 0.5) is 0 Å². The number of hydrogen-bond donors (Lipinski definition) is 1. The maximum absolute atomic E-state index is 8.84. The van der Waals surface area contributed by atoms with Gasteiger partial charge in [0.05, 0.1) is 0 Å². The van der Waals surface area contributed by atoms with Gasteiger partial charge in [-0.05, 0) is 31.4 Å². The highest BCUT2D eigenvalue weighted by Crippen LogP contribution is 2.29. The fraction of sp³-hybridized carbons (Fsp3) is 0.500. The van der Waals surface area contributed by atoms with Crippen LogP contribution in [-0.2, 0) is 0 Å². The molecular formula is C10H13N3. The van der Waals surface area contributed by atoms with Crippen LogP contribution in [0.1, 0.15) is 31.0 Å². The SMILES string of the molecule is N#Cc1cccn1C1CCCC1N. The van der Waals surface area contributed by atoms with E-state index in [1.807, 2.05) is 22.9 Å². The van der Waals surface area contributed by atoms with Crippen LogP contribution in [0.2, 0.25) is 0 Å². The van der Waals surface area contributed by atoms with Crippen LogP contribution in [0, 0.1) is 11.3 Å². The number of nitriles is 1. The molecule has 68 valence electrons. The molecule has 1 aromatic rings. The second-order valence-corrected chi connectivity index (χ2v) is 3.57. The zero-order chi connectivity index (χ0) is 9.26. The number of nitrogens with zero attached hydrogens (tertiary/aromatic N) is 2. The molecule has 2 atom stereocenters. The highest BCUT2D eigenvalue weighted by Gasteiger charge is 2.26. The largest absolute Gasteiger partial charge is 0.335 e. The van der Waals surface area contributed by atoms with Crippen molar-refractivity contribution in [3.8, 4) is 6.07 Å². The first kappa shape index (κ1) is 8.33. The van der Waals surface area contributed by atoms with Crippen LogP contribution in [0.15, 0.2) is 18.3 Å². The Morgan fingerprint density at radius 3 is 3.00 bits per heavy atom. The minimum absolute atomic E-state index is 0.222. The van der Waals surface area contributed by atoms with E-state index in [0.29, 0.717) is 6.04 Å². The zero-order valence-corrected chi connectivity index (χ0v) is 7.48. The lowest BCUT2D eigenvalue weighted by atomic mass is 10.2.